The van der Waals surface area contributed by atoms with E-state index >= 15 is 0 Å². The van der Waals surface area contributed by atoms with Crippen LogP contribution in [0, 0.1) is 5.92 Å². The largest absolute Gasteiger partial charge is 0.464 e. The smallest absolute Gasteiger partial charge is 0.134 e. The molecule has 1 aromatic carbocycles. The molecule has 0 radical (unpaired) electrons. The second-order valence-electron chi connectivity index (χ2n) is 5.38. The molecule has 0 aliphatic carbocycles. The SMILES string of the molecule is CC(C)C(NCc1coc2ccccc12)c1cccs1. The minimum absolute atomic E-state index is 0.392. The van der Waals surface area contributed by atoms with Crippen molar-refractivity contribution in [1.82, 2.24) is 5.32 Å². The highest BCUT2D eigenvalue weighted by molar-refractivity contribution is 7.10. The van der Waals surface area contributed by atoms with Gasteiger partial charge in [-0.15, -0.1) is 11.3 Å². The van der Waals surface area contributed by atoms with Crippen LogP contribution in [-0.4, -0.2) is 0 Å². The molecule has 1 unspecified atom stereocenters. The van der Waals surface area contributed by atoms with Gasteiger partial charge < -0.3 is 9.73 Å². The molecule has 3 aromatic rings. The maximum Gasteiger partial charge on any atom is 0.134 e. The Morgan fingerprint density at radius 1 is 1.15 bits per heavy atom. The number of thiophene rings is 1. The fourth-order valence-electron chi connectivity index (χ4n) is 2.52. The van der Waals surface area contributed by atoms with E-state index < -0.39 is 0 Å². The molecule has 3 heteroatoms. The van der Waals surface area contributed by atoms with E-state index in [4.69, 9.17) is 4.42 Å². The lowest BCUT2D eigenvalue weighted by Gasteiger charge is -2.21. The van der Waals surface area contributed by atoms with Crippen molar-refractivity contribution in [3.05, 3.63) is 58.5 Å². The molecule has 2 aromatic heterocycles. The number of para-hydroxylation sites is 1. The second kappa shape index (κ2) is 5.81. The van der Waals surface area contributed by atoms with E-state index in [9.17, 15) is 0 Å². The Hall–Kier alpha value is -1.58. The van der Waals surface area contributed by atoms with Crippen LogP contribution < -0.4 is 5.32 Å². The van der Waals surface area contributed by atoms with Crippen LogP contribution in [0.3, 0.4) is 0 Å². The average molecular weight is 285 g/mol. The van der Waals surface area contributed by atoms with Gasteiger partial charge in [0.1, 0.15) is 5.58 Å². The molecule has 104 valence electrons. The first-order valence-electron chi connectivity index (χ1n) is 6.97. The number of fused-ring (bicyclic) bond motifs is 1. The summed E-state index contributed by atoms with van der Waals surface area (Å²) < 4.78 is 5.60. The Kier molecular flexibility index (Phi) is 3.90. The maximum atomic E-state index is 5.60. The third kappa shape index (κ3) is 2.65. The van der Waals surface area contributed by atoms with Gasteiger partial charge in [-0.3, -0.25) is 0 Å². The van der Waals surface area contributed by atoms with E-state index in [1.165, 1.54) is 15.8 Å². The van der Waals surface area contributed by atoms with Crippen LogP contribution in [-0.2, 0) is 6.54 Å². The summed E-state index contributed by atoms with van der Waals surface area (Å²) in [6.45, 7) is 5.34. The van der Waals surface area contributed by atoms with Crippen LogP contribution in [0.4, 0.5) is 0 Å². The van der Waals surface area contributed by atoms with Crippen molar-refractivity contribution in [2.45, 2.75) is 26.4 Å². The highest BCUT2D eigenvalue weighted by Gasteiger charge is 2.17. The Morgan fingerprint density at radius 3 is 2.75 bits per heavy atom. The minimum Gasteiger partial charge on any atom is -0.464 e. The van der Waals surface area contributed by atoms with E-state index in [0.717, 1.165) is 12.1 Å². The normalized spacial score (nSPS) is 13.2. The standard InChI is InChI=1S/C17H19NOS/c1-12(2)17(16-8-5-9-20-16)18-10-13-11-19-15-7-4-3-6-14(13)15/h3-9,11-12,17-18H,10H2,1-2H3. The van der Waals surface area contributed by atoms with Gasteiger partial charge in [-0.1, -0.05) is 38.1 Å². The third-order valence-corrected chi connectivity index (χ3v) is 4.55. The van der Waals surface area contributed by atoms with Crippen LogP contribution in [0.2, 0.25) is 0 Å². The highest BCUT2D eigenvalue weighted by Crippen LogP contribution is 2.27. The number of hydrogen-bond donors (Lipinski definition) is 1. The van der Waals surface area contributed by atoms with Crippen molar-refractivity contribution in [2.75, 3.05) is 0 Å². The molecule has 20 heavy (non-hydrogen) atoms. The third-order valence-electron chi connectivity index (χ3n) is 3.59. The monoisotopic (exact) mass is 285 g/mol. The van der Waals surface area contributed by atoms with E-state index in [2.05, 4.69) is 48.8 Å². The average Bonchev–Trinajstić information content (AvgIpc) is 3.09. The number of furan rings is 1. The van der Waals surface area contributed by atoms with Crippen molar-refractivity contribution in [3.8, 4) is 0 Å². The Bertz CT molecular complexity index is 669. The maximum absolute atomic E-state index is 5.60. The first kappa shape index (κ1) is 13.4. The number of nitrogens with one attached hydrogen (secondary N) is 1. The van der Waals surface area contributed by atoms with Gasteiger partial charge in [0.15, 0.2) is 0 Å². The lowest BCUT2D eigenvalue weighted by Crippen LogP contribution is -2.24. The molecule has 0 saturated heterocycles. The number of rotatable bonds is 5. The van der Waals surface area contributed by atoms with Gasteiger partial charge in [-0.05, 0) is 23.4 Å². The van der Waals surface area contributed by atoms with Gasteiger partial charge in [0.2, 0.25) is 0 Å². The second-order valence-corrected chi connectivity index (χ2v) is 6.35. The quantitative estimate of drug-likeness (QED) is 0.715. The van der Waals surface area contributed by atoms with Crippen LogP contribution in [0.25, 0.3) is 11.0 Å². The van der Waals surface area contributed by atoms with Gasteiger partial charge in [-0.25, -0.2) is 0 Å². The number of hydrogen-bond acceptors (Lipinski definition) is 3. The molecular weight excluding hydrogens is 266 g/mol. The summed E-state index contributed by atoms with van der Waals surface area (Å²) in [5.41, 5.74) is 2.18. The van der Waals surface area contributed by atoms with E-state index in [1.54, 1.807) is 0 Å². The lowest BCUT2D eigenvalue weighted by molar-refractivity contribution is 0.416. The first-order chi connectivity index (χ1) is 9.75. The van der Waals surface area contributed by atoms with Crippen LogP contribution in [0.15, 0.2) is 52.5 Å². The summed E-state index contributed by atoms with van der Waals surface area (Å²) in [6, 6.07) is 12.9. The summed E-state index contributed by atoms with van der Waals surface area (Å²) in [6.07, 6.45) is 1.86. The van der Waals surface area contributed by atoms with Crippen molar-refractivity contribution >= 4 is 22.3 Å². The summed E-state index contributed by atoms with van der Waals surface area (Å²) >= 11 is 1.81. The van der Waals surface area contributed by atoms with Gasteiger partial charge in [0, 0.05) is 28.4 Å². The zero-order valence-electron chi connectivity index (χ0n) is 11.8. The van der Waals surface area contributed by atoms with Crippen molar-refractivity contribution < 1.29 is 4.42 Å². The van der Waals surface area contributed by atoms with Gasteiger partial charge in [0.05, 0.1) is 6.26 Å². The molecule has 2 heterocycles. The van der Waals surface area contributed by atoms with Crippen LogP contribution in [0.1, 0.15) is 30.3 Å². The summed E-state index contributed by atoms with van der Waals surface area (Å²) in [7, 11) is 0. The van der Waals surface area contributed by atoms with Gasteiger partial charge >= 0.3 is 0 Å². The molecule has 0 aliphatic heterocycles. The fourth-order valence-corrected chi connectivity index (χ4v) is 3.50. The fraction of sp³-hybridized carbons (Fsp3) is 0.294. The predicted molar refractivity (Wildman–Crippen MR) is 85.0 cm³/mol. The molecule has 0 saturated carbocycles. The summed E-state index contributed by atoms with van der Waals surface area (Å²) in [5.74, 6) is 0.562. The molecule has 0 bridgehead atoms. The Balaban J connectivity index is 1.78. The van der Waals surface area contributed by atoms with Crippen molar-refractivity contribution in [3.63, 3.8) is 0 Å². The zero-order valence-corrected chi connectivity index (χ0v) is 12.6. The first-order valence-corrected chi connectivity index (χ1v) is 7.85. The molecule has 1 atom stereocenters. The van der Waals surface area contributed by atoms with Crippen molar-refractivity contribution in [2.24, 2.45) is 5.92 Å². The highest BCUT2D eigenvalue weighted by atomic mass is 32.1. The summed E-state index contributed by atoms with van der Waals surface area (Å²) in [4.78, 5) is 1.40. The topological polar surface area (TPSA) is 25.2 Å². The van der Waals surface area contributed by atoms with Crippen LogP contribution >= 0.6 is 11.3 Å². The molecule has 0 aliphatic rings. The summed E-state index contributed by atoms with van der Waals surface area (Å²) in [5, 5.41) is 7.01. The molecule has 3 rings (SSSR count). The van der Waals surface area contributed by atoms with Crippen LogP contribution in [0.5, 0.6) is 0 Å². The predicted octanol–water partition coefficient (Wildman–Crippen LogP) is 4.98. The molecule has 1 N–H and O–H groups in total. The Labute approximate surface area is 123 Å². The minimum atomic E-state index is 0.392. The molecular formula is C17H19NOS. The molecule has 2 nitrogen and oxygen atoms in total. The van der Waals surface area contributed by atoms with E-state index in [1.807, 2.05) is 29.7 Å². The lowest BCUT2D eigenvalue weighted by atomic mass is 10.0. The van der Waals surface area contributed by atoms with Gasteiger partial charge in [-0.2, -0.15) is 0 Å². The van der Waals surface area contributed by atoms with Gasteiger partial charge in [0.25, 0.3) is 0 Å². The van der Waals surface area contributed by atoms with E-state index in [0.29, 0.717) is 12.0 Å². The van der Waals surface area contributed by atoms with E-state index in [-0.39, 0.29) is 0 Å². The molecule has 0 spiro atoms. The number of benzene rings is 1. The molecule has 0 amide bonds. The zero-order chi connectivity index (χ0) is 13.9. The Morgan fingerprint density at radius 2 is 2.00 bits per heavy atom. The molecule has 0 fully saturated rings. The van der Waals surface area contributed by atoms with Crippen molar-refractivity contribution in [1.29, 1.82) is 0 Å².